The largest absolute Gasteiger partial charge is 0.486 e. The lowest BCUT2D eigenvalue weighted by atomic mass is 10.0. The molecule has 2 aromatic rings. The van der Waals surface area contributed by atoms with Crippen molar-refractivity contribution in [1.29, 1.82) is 0 Å². The van der Waals surface area contributed by atoms with Crippen LogP contribution in [0.25, 0.3) is 0 Å². The number of amides is 2. The highest BCUT2D eigenvalue weighted by atomic mass is 16.6. The number of ether oxygens (including phenoxy) is 3. The van der Waals surface area contributed by atoms with E-state index in [1.165, 1.54) is 13.0 Å². The molecule has 8 heteroatoms. The number of hydrogen-bond acceptors (Lipinski definition) is 6. The van der Waals surface area contributed by atoms with Crippen molar-refractivity contribution in [2.45, 2.75) is 25.8 Å². The minimum Gasteiger partial charge on any atom is -0.486 e. The quantitative estimate of drug-likeness (QED) is 0.742. The van der Waals surface area contributed by atoms with E-state index < -0.39 is 5.97 Å². The minimum atomic E-state index is -0.615. The van der Waals surface area contributed by atoms with Crippen LogP contribution in [0.5, 0.6) is 11.5 Å². The van der Waals surface area contributed by atoms with Crippen molar-refractivity contribution in [3.8, 4) is 11.5 Å². The second-order valence-electron chi connectivity index (χ2n) is 7.49. The second kappa shape index (κ2) is 9.07. The van der Waals surface area contributed by atoms with Crippen molar-refractivity contribution < 1.29 is 28.6 Å². The molecule has 0 radical (unpaired) electrons. The smallest absolute Gasteiger partial charge is 0.338 e. The lowest BCUT2D eigenvalue weighted by Crippen LogP contribution is -2.34. The molecule has 0 saturated carbocycles. The van der Waals surface area contributed by atoms with Gasteiger partial charge < -0.3 is 24.4 Å². The first-order valence-corrected chi connectivity index (χ1v) is 10.2. The van der Waals surface area contributed by atoms with Crippen molar-refractivity contribution >= 4 is 23.5 Å². The van der Waals surface area contributed by atoms with Crippen LogP contribution >= 0.6 is 0 Å². The van der Waals surface area contributed by atoms with Crippen LogP contribution < -0.4 is 14.8 Å². The number of nitrogens with one attached hydrogen (secondary N) is 1. The van der Waals surface area contributed by atoms with E-state index in [1.807, 2.05) is 18.2 Å². The van der Waals surface area contributed by atoms with Crippen molar-refractivity contribution in [3.05, 3.63) is 53.6 Å². The van der Waals surface area contributed by atoms with E-state index in [1.54, 1.807) is 23.1 Å². The molecule has 0 aromatic heterocycles. The summed E-state index contributed by atoms with van der Waals surface area (Å²) in [6.45, 7) is 2.68. The molecule has 4 rings (SSSR count). The summed E-state index contributed by atoms with van der Waals surface area (Å²) in [5, 5.41) is 2.61. The second-order valence-corrected chi connectivity index (χ2v) is 7.49. The Balaban J connectivity index is 1.39. The highest BCUT2D eigenvalue weighted by Gasteiger charge is 2.31. The monoisotopic (exact) mass is 424 g/mol. The molecule has 1 atom stereocenters. The molecule has 1 unspecified atom stereocenters. The van der Waals surface area contributed by atoms with Gasteiger partial charge in [0, 0.05) is 19.2 Å². The standard InChI is InChI=1S/C23H24N2O6/c1-15(26)24-18-5-2-4-17(12-18)23(28)31-14-22(27)25-9-3-6-19(25)16-7-8-20-21(13-16)30-11-10-29-20/h2,4-5,7-8,12-13,19H,3,6,9-11,14H2,1H3,(H,24,26). The molecule has 0 aliphatic carbocycles. The van der Waals surface area contributed by atoms with E-state index in [9.17, 15) is 14.4 Å². The van der Waals surface area contributed by atoms with Gasteiger partial charge in [0.2, 0.25) is 5.91 Å². The van der Waals surface area contributed by atoms with E-state index in [2.05, 4.69) is 5.32 Å². The maximum atomic E-state index is 12.8. The van der Waals surface area contributed by atoms with E-state index in [4.69, 9.17) is 14.2 Å². The highest BCUT2D eigenvalue weighted by Crippen LogP contribution is 2.38. The Bertz CT molecular complexity index is 1010. The van der Waals surface area contributed by atoms with E-state index >= 15 is 0 Å². The van der Waals surface area contributed by atoms with Crippen LogP contribution in [0.2, 0.25) is 0 Å². The molecular weight excluding hydrogens is 400 g/mol. The maximum absolute atomic E-state index is 12.8. The average Bonchev–Trinajstić information content (AvgIpc) is 3.27. The minimum absolute atomic E-state index is 0.0925. The molecule has 2 heterocycles. The van der Waals surface area contributed by atoms with Gasteiger partial charge in [-0.1, -0.05) is 12.1 Å². The molecule has 1 saturated heterocycles. The normalized spacial score (nSPS) is 17.2. The van der Waals surface area contributed by atoms with Gasteiger partial charge in [-0.2, -0.15) is 0 Å². The van der Waals surface area contributed by atoms with E-state index in [0.717, 1.165) is 18.4 Å². The van der Waals surface area contributed by atoms with Gasteiger partial charge in [-0.3, -0.25) is 9.59 Å². The van der Waals surface area contributed by atoms with Crippen molar-refractivity contribution in [2.75, 3.05) is 31.7 Å². The van der Waals surface area contributed by atoms with Gasteiger partial charge in [0.15, 0.2) is 18.1 Å². The number of anilines is 1. The zero-order valence-corrected chi connectivity index (χ0v) is 17.3. The van der Waals surface area contributed by atoms with Crippen molar-refractivity contribution in [2.24, 2.45) is 0 Å². The summed E-state index contributed by atoms with van der Waals surface area (Å²) in [5.74, 6) is 0.300. The predicted octanol–water partition coefficient (Wildman–Crippen LogP) is 2.94. The van der Waals surface area contributed by atoms with Crippen LogP contribution in [0.1, 0.15) is 41.7 Å². The lowest BCUT2D eigenvalue weighted by molar-refractivity contribution is -0.135. The Kier molecular flexibility index (Phi) is 6.06. The van der Waals surface area contributed by atoms with Gasteiger partial charge in [-0.25, -0.2) is 4.79 Å². The first-order chi connectivity index (χ1) is 15.0. The van der Waals surface area contributed by atoms with Gasteiger partial charge in [0.25, 0.3) is 5.91 Å². The van der Waals surface area contributed by atoms with Crippen LogP contribution in [0.15, 0.2) is 42.5 Å². The SMILES string of the molecule is CC(=O)Nc1cccc(C(=O)OCC(=O)N2CCCC2c2ccc3c(c2)OCCO3)c1. The Hall–Kier alpha value is -3.55. The third-order valence-corrected chi connectivity index (χ3v) is 5.27. The molecule has 1 N–H and O–H groups in total. The molecule has 31 heavy (non-hydrogen) atoms. The first-order valence-electron chi connectivity index (χ1n) is 10.2. The molecular formula is C23H24N2O6. The highest BCUT2D eigenvalue weighted by molar-refractivity contribution is 5.94. The summed E-state index contributed by atoms with van der Waals surface area (Å²) < 4.78 is 16.5. The zero-order valence-electron chi connectivity index (χ0n) is 17.3. The van der Waals surface area contributed by atoms with Crippen LogP contribution in [0, 0.1) is 0 Å². The van der Waals surface area contributed by atoms with Crippen LogP contribution in [-0.2, 0) is 14.3 Å². The molecule has 2 amide bonds. The summed E-state index contributed by atoms with van der Waals surface area (Å²) in [6, 6.07) is 12.0. The number of likely N-dealkylation sites (tertiary alicyclic amines) is 1. The Morgan fingerprint density at radius 1 is 1.10 bits per heavy atom. The van der Waals surface area contributed by atoms with Crippen LogP contribution in [0.3, 0.4) is 0 Å². The fourth-order valence-corrected chi connectivity index (χ4v) is 3.90. The molecule has 2 aromatic carbocycles. The number of nitrogens with zero attached hydrogens (tertiary/aromatic N) is 1. The van der Waals surface area contributed by atoms with Crippen molar-refractivity contribution in [3.63, 3.8) is 0 Å². The maximum Gasteiger partial charge on any atom is 0.338 e. The summed E-state index contributed by atoms with van der Waals surface area (Å²) >= 11 is 0. The number of carbonyl (C=O) groups is 3. The number of rotatable bonds is 5. The number of fused-ring (bicyclic) bond motifs is 1. The van der Waals surface area contributed by atoms with Crippen LogP contribution in [0.4, 0.5) is 5.69 Å². The fourth-order valence-electron chi connectivity index (χ4n) is 3.90. The Morgan fingerprint density at radius 3 is 2.71 bits per heavy atom. The van der Waals surface area contributed by atoms with Gasteiger partial charge in [0.1, 0.15) is 13.2 Å². The average molecular weight is 424 g/mol. The molecule has 0 spiro atoms. The summed E-state index contributed by atoms with van der Waals surface area (Å²) in [5.41, 5.74) is 1.74. The number of hydrogen-bond donors (Lipinski definition) is 1. The molecule has 8 nitrogen and oxygen atoms in total. The van der Waals surface area contributed by atoms with E-state index in [0.29, 0.717) is 36.9 Å². The molecule has 2 aliphatic heterocycles. The predicted molar refractivity (Wildman–Crippen MR) is 112 cm³/mol. The van der Waals surface area contributed by atoms with Gasteiger partial charge in [0.05, 0.1) is 11.6 Å². The van der Waals surface area contributed by atoms with Crippen molar-refractivity contribution in [1.82, 2.24) is 4.90 Å². The van der Waals surface area contributed by atoms with Gasteiger partial charge in [-0.05, 0) is 48.7 Å². The summed E-state index contributed by atoms with van der Waals surface area (Å²) in [7, 11) is 0. The third-order valence-electron chi connectivity index (χ3n) is 5.27. The zero-order chi connectivity index (χ0) is 21.8. The number of esters is 1. The number of carbonyl (C=O) groups excluding carboxylic acids is 3. The number of benzene rings is 2. The summed E-state index contributed by atoms with van der Waals surface area (Å²) in [6.07, 6.45) is 1.70. The van der Waals surface area contributed by atoms with Crippen LogP contribution in [-0.4, -0.2) is 49.0 Å². The van der Waals surface area contributed by atoms with E-state index in [-0.39, 0.29) is 30.0 Å². The van der Waals surface area contributed by atoms with Gasteiger partial charge >= 0.3 is 5.97 Å². The van der Waals surface area contributed by atoms with Gasteiger partial charge in [-0.15, -0.1) is 0 Å². The molecule has 1 fully saturated rings. The fraction of sp³-hybridized carbons (Fsp3) is 0.348. The third kappa shape index (κ3) is 4.79. The molecule has 0 bridgehead atoms. The topological polar surface area (TPSA) is 94.2 Å². The Labute approximate surface area is 180 Å². The first kappa shape index (κ1) is 20.7. The molecule has 2 aliphatic rings. The lowest BCUT2D eigenvalue weighted by Gasteiger charge is -2.26. The molecule has 162 valence electrons. The Morgan fingerprint density at radius 2 is 1.90 bits per heavy atom. The summed E-state index contributed by atoms with van der Waals surface area (Å²) in [4.78, 5) is 38.1.